The molecule has 1 aromatic heterocycles. The second-order valence-corrected chi connectivity index (χ2v) is 4.24. The number of benzene rings is 1. The average molecular weight is 208 g/mol. The normalized spacial score (nSPS) is 15.8. The van der Waals surface area contributed by atoms with E-state index in [1.54, 1.807) is 0 Å². The fourth-order valence-electron chi connectivity index (χ4n) is 2.23. The summed E-state index contributed by atoms with van der Waals surface area (Å²) in [6.07, 6.45) is 1.15. The van der Waals surface area contributed by atoms with E-state index in [9.17, 15) is 0 Å². The van der Waals surface area contributed by atoms with Crippen molar-refractivity contribution in [3.63, 3.8) is 0 Å². The van der Waals surface area contributed by atoms with Gasteiger partial charge in [-0.05, 0) is 23.8 Å². The molecule has 0 unspecified atom stereocenters. The number of fused-ring (bicyclic) bond motifs is 3. The number of aromatic amines is 1. The van der Waals surface area contributed by atoms with Crippen molar-refractivity contribution >= 4 is 22.5 Å². The molecule has 0 fully saturated rings. The lowest BCUT2D eigenvalue weighted by atomic mass is 10.1. The van der Waals surface area contributed by atoms with Crippen LogP contribution >= 0.6 is 11.6 Å². The summed E-state index contributed by atoms with van der Waals surface area (Å²) in [6.45, 7) is 2.26. The predicted molar refractivity (Wildman–Crippen MR) is 57.5 cm³/mol. The molecule has 0 atom stereocenters. The lowest BCUT2D eigenvalue weighted by Crippen LogP contribution is -2.84. The van der Waals surface area contributed by atoms with Gasteiger partial charge in [-0.2, -0.15) is 0 Å². The molecular formula is C11H12ClN2+. The molecule has 2 aromatic rings. The molecule has 3 N–H and O–H groups in total. The highest BCUT2D eigenvalue weighted by atomic mass is 35.5. The zero-order chi connectivity index (χ0) is 9.54. The third-order valence-corrected chi connectivity index (χ3v) is 3.14. The van der Waals surface area contributed by atoms with Crippen LogP contribution in [-0.2, 0) is 13.0 Å². The first-order valence-corrected chi connectivity index (χ1v) is 5.33. The Labute approximate surface area is 87.3 Å². The summed E-state index contributed by atoms with van der Waals surface area (Å²) < 4.78 is 0. The fraction of sp³-hybridized carbons (Fsp3) is 0.273. The van der Waals surface area contributed by atoms with Crippen LogP contribution in [0.5, 0.6) is 0 Å². The molecule has 3 rings (SSSR count). The third-order valence-electron chi connectivity index (χ3n) is 2.90. The minimum atomic E-state index is 0.828. The molecule has 0 amide bonds. The second-order valence-electron chi connectivity index (χ2n) is 3.80. The summed E-state index contributed by atoms with van der Waals surface area (Å²) in [5, 5.41) is 4.47. The van der Waals surface area contributed by atoms with E-state index in [2.05, 4.69) is 22.4 Å². The van der Waals surface area contributed by atoms with Crippen LogP contribution in [0.15, 0.2) is 18.2 Å². The number of hydrogen-bond acceptors (Lipinski definition) is 0. The number of aromatic nitrogens is 1. The van der Waals surface area contributed by atoms with Crippen LogP contribution in [0.1, 0.15) is 11.3 Å². The highest BCUT2D eigenvalue weighted by Crippen LogP contribution is 2.26. The Morgan fingerprint density at radius 1 is 1.36 bits per heavy atom. The molecule has 2 nitrogen and oxygen atoms in total. The van der Waals surface area contributed by atoms with Gasteiger partial charge < -0.3 is 10.3 Å². The van der Waals surface area contributed by atoms with Crippen LogP contribution < -0.4 is 5.32 Å². The quantitative estimate of drug-likeness (QED) is 0.656. The summed E-state index contributed by atoms with van der Waals surface area (Å²) in [5.41, 5.74) is 4.05. The van der Waals surface area contributed by atoms with Crippen LogP contribution in [-0.4, -0.2) is 11.5 Å². The number of halogens is 1. The Kier molecular flexibility index (Phi) is 1.79. The smallest absolute Gasteiger partial charge is 0.117 e. The van der Waals surface area contributed by atoms with Gasteiger partial charge in [-0.25, -0.2) is 0 Å². The second kappa shape index (κ2) is 3.01. The molecule has 1 aliphatic rings. The first-order chi connectivity index (χ1) is 6.84. The van der Waals surface area contributed by atoms with Crippen LogP contribution in [0, 0.1) is 0 Å². The minimum Gasteiger partial charge on any atom is -0.354 e. The number of nitrogens with one attached hydrogen (secondary N) is 1. The number of hydrogen-bond donors (Lipinski definition) is 2. The molecule has 1 aliphatic heterocycles. The number of H-pyrrole nitrogens is 1. The molecule has 0 saturated heterocycles. The standard InChI is InChI=1S/C11H11ClN2/c12-7-1-2-10-9(5-7)8-3-4-13-6-11(8)14-10/h1-2,5,13-14H,3-4,6H2/p+1. The van der Waals surface area contributed by atoms with Gasteiger partial charge in [0.25, 0.3) is 0 Å². The lowest BCUT2D eigenvalue weighted by molar-refractivity contribution is -0.673. The van der Waals surface area contributed by atoms with E-state index in [0.29, 0.717) is 0 Å². The Morgan fingerprint density at radius 2 is 2.29 bits per heavy atom. The minimum absolute atomic E-state index is 0.828. The van der Waals surface area contributed by atoms with Gasteiger partial charge in [0.15, 0.2) is 0 Å². The van der Waals surface area contributed by atoms with Gasteiger partial charge in [0, 0.05) is 22.3 Å². The van der Waals surface area contributed by atoms with Gasteiger partial charge in [0.05, 0.1) is 12.2 Å². The van der Waals surface area contributed by atoms with Crippen molar-refractivity contribution in [3.8, 4) is 0 Å². The van der Waals surface area contributed by atoms with Crippen molar-refractivity contribution in [3.05, 3.63) is 34.5 Å². The predicted octanol–water partition coefficient (Wildman–Crippen LogP) is 1.44. The number of quaternary nitrogens is 1. The molecule has 0 aliphatic carbocycles. The fourth-order valence-corrected chi connectivity index (χ4v) is 2.40. The maximum Gasteiger partial charge on any atom is 0.117 e. The van der Waals surface area contributed by atoms with Crippen molar-refractivity contribution < 1.29 is 5.32 Å². The molecule has 0 saturated carbocycles. The van der Waals surface area contributed by atoms with E-state index in [-0.39, 0.29) is 0 Å². The summed E-state index contributed by atoms with van der Waals surface area (Å²) in [5.74, 6) is 0. The monoisotopic (exact) mass is 207 g/mol. The van der Waals surface area contributed by atoms with Crippen LogP contribution in [0.25, 0.3) is 10.9 Å². The first-order valence-electron chi connectivity index (χ1n) is 4.95. The molecular weight excluding hydrogens is 196 g/mol. The molecule has 0 radical (unpaired) electrons. The van der Waals surface area contributed by atoms with Crippen molar-refractivity contribution in [2.75, 3.05) is 6.54 Å². The molecule has 3 heteroatoms. The summed E-state index contributed by atoms with van der Waals surface area (Å²) >= 11 is 6.00. The topological polar surface area (TPSA) is 32.4 Å². The van der Waals surface area contributed by atoms with Crippen molar-refractivity contribution in [1.29, 1.82) is 0 Å². The molecule has 0 spiro atoms. The van der Waals surface area contributed by atoms with Gasteiger partial charge >= 0.3 is 0 Å². The van der Waals surface area contributed by atoms with E-state index in [4.69, 9.17) is 11.6 Å². The Balaban J connectivity index is 2.32. The molecule has 14 heavy (non-hydrogen) atoms. The van der Waals surface area contributed by atoms with E-state index in [1.807, 2.05) is 6.07 Å². The largest absolute Gasteiger partial charge is 0.354 e. The first kappa shape index (κ1) is 8.33. The highest BCUT2D eigenvalue weighted by Gasteiger charge is 2.16. The average Bonchev–Trinajstić information content (AvgIpc) is 2.56. The summed E-state index contributed by atoms with van der Waals surface area (Å²) in [4.78, 5) is 3.45. The molecule has 1 aromatic carbocycles. The van der Waals surface area contributed by atoms with E-state index in [0.717, 1.165) is 18.0 Å². The zero-order valence-corrected chi connectivity index (χ0v) is 8.56. The molecule has 0 bridgehead atoms. The Morgan fingerprint density at radius 3 is 3.21 bits per heavy atom. The molecule has 2 heterocycles. The van der Waals surface area contributed by atoms with Crippen molar-refractivity contribution in [2.45, 2.75) is 13.0 Å². The van der Waals surface area contributed by atoms with Gasteiger partial charge in [0.2, 0.25) is 0 Å². The zero-order valence-electron chi connectivity index (χ0n) is 7.81. The van der Waals surface area contributed by atoms with E-state index in [1.165, 1.54) is 28.7 Å². The highest BCUT2D eigenvalue weighted by molar-refractivity contribution is 6.31. The van der Waals surface area contributed by atoms with E-state index >= 15 is 0 Å². The number of nitrogens with two attached hydrogens (primary N) is 1. The lowest BCUT2D eigenvalue weighted by Gasteiger charge is -2.09. The van der Waals surface area contributed by atoms with Gasteiger partial charge in [-0.15, -0.1) is 0 Å². The number of rotatable bonds is 0. The maximum atomic E-state index is 6.00. The van der Waals surface area contributed by atoms with Gasteiger partial charge in [-0.1, -0.05) is 11.6 Å². The van der Waals surface area contributed by atoms with Crippen molar-refractivity contribution in [1.82, 2.24) is 4.98 Å². The van der Waals surface area contributed by atoms with Gasteiger partial charge in [-0.3, -0.25) is 0 Å². The van der Waals surface area contributed by atoms with Crippen LogP contribution in [0.4, 0.5) is 0 Å². The SMILES string of the molecule is Clc1ccc2[nH]c3c(c2c1)CC[NH2+]C3. The Hall–Kier alpha value is -0.990. The Bertz CT molecular complexity index is 487. The summed E-state index contributed by atoms with van der Waals surface area (Å²) in [6, 6.07) is 6.07. The van der Waals surface area contributed by atoms with Gasteiger partial charge in [0.1, 0.15) is 6.54 Å². The van der Waals surface area contributed by atoms with Crippen molar-refractivity contribution in [2.24, 2.45) is 0 Å². The van der Waals surface area contributed by atoms with Crippen LogP contribution in [0.2, 0.25) is 5.02 Å². The van der Waals surface area contributed by atoms with E-state index < -0.39 is 0 Å². The molecule has 72 valence electrons. The van der Waals surface area contributed by atoms with Crippen LogP contribution in [0.3, 0.4) is 0 Å². The maximum absolute atomic E-state index is 6.00. The third kappa shape index (κ3) is 1.15. The summed E-state index contributed by atoms with van der Waals surface area (Å²) in [7, 11) is 0.